The molecular weight excluding hydrogens is 422 g/mol. The molecule has 0 radical (unpaired) electrons. The zero-order valence-electron chi connectivity index (χ0n) is 18.7. The minimum Gasteiger partial charge on any atom is -0.493 e. The van der Waals surface area contributed by atoms with E-state index in [-0.39, 0.29) is 24.5 Å². The van der Waals surface area contributed by atoms with Gasteiger partial charge in [0.15, 0.2) is 11.5 Å². The highest BCUT2D eigenvalue weighted by atomic mass is 35.5. The van der Waals surface area contributed by atoms with Crippen molar-refractivity contribution in [3.63, 3.8) is 0 Å². The zero-order chi connectivity index (χ0) is 21.4. The molecule has 0 spiro atoms. The molecule has 0 saturated carbocycles. The summed E-state index contributed by atoms with van der Waals surface area (Å²) >= 11 is 1.47. The second kappa shape index (κ2) is 12.8. The minimum atomic E-state index is -0.0388. The third kappa shape index (κ3) is 7.16. The van der Waals surface area contributed by atoms with Crippen LogP contribution in [0.1, 0.15) is 30.4 Å². The smallest absolute Gasteiger partial charge is 0.261 e. The standard InChI is InChI=1S/C22H33N3O3S.ClH/c1-7-25(8-2)16(3)28-18-10-9-17(15-19(18)27-6)20-11-12-21(29-20)22(26)23-13-14-24(4)5;/h9-12,15-16H,7-8,13-14H2,1-6H3,(H,23,26);1H. The number of likely N-dealkylation sites (N-methyl/N-ethyl adjacent to an activating group) is 1. The molecule has 1 N–H and O–H groups in total. The van der Waals surface area contributed by atoms with Crippen molar-refractivity contribution < 1.29 is 14.3 Å². The molecule has 1 atom stereocenters. The second-order valence-electron chi connectivity index (χ2n) is 7.03. The van der Waals surface area contributed by atoms with Crippen LogP contribution in [0.3, 0.4) is 0 Å². The largest absolute Gasteiger partial charge is 0.493 e. The first-order chi connectivity index (χ1) is 13.9. The monoisotopic (exact) mass is 455 g/mol. The predicted octanol–water partition coefficient (Wildman–Crippen LogP) is 4.20. The van der Waals surface area contributed by atoms with Crippen molar-refractivity contribution in [3.05, 3.63) is 35.2 Å². The number of rotatable bonds is 11. The molecule has 0 saturated heterocycles. The van der Waals surface area contributed by atoms with Crippen molar-refractivity contribution >= 4 is 29.7 Å². The number of nitrogens with one attached hydrogen (secondary N) is 1. The molecule has 0 aliphatic heterocycles. The van der Waals surface area contributed by atoms with Crippen molar-refractivity contribution in [2.75, 3.05) is 47.4 Å². The van der Waals surface area contributed by atoms with Crippen LogP contribution in [0, 0.1) is 0 Å². The number of amides is 1. The molecule has 168 valence electrons. The molecule has 1 amide bonds. The molecule has 0 aliphatic carbocycles. The summed E-state index contributed by atoms with van der Waals surface area (Å²) in [5.41, 5.74) is 1.00. The van der Waals surface area contributed by atoms with Crippen molar-refractivity contribution in [2.45, 2.75) is 27.0 Å². The van der Waals surface area contributed by atoms with Gasteiger partial charge in [-0.15, -0.1) is 23.7 Å². The zero-order valence-corrected chi connectivity index (χ0v) is 20.4. The van der Waals surface area contributed by atoms with E-state index in [9.17, 15) is 4.79 Å². The third-order valence-corrected chi connectivity index (χ3v) is 5.88. The highest BCUT2D eigenvalue weighted by Gasteiger charge is 2.16. The van der Waals surface area contributed by atoms with Gasteiger partial charge in [-0.1, -0.05) is 13.8 Å². The molecule has 0 aliphatic rings. The van der Waals surface area contributed by atoms with Crippen LogP contribution < -0.4 is 14.8 Å². The van der Waals surface area contributed by atoms with E-state index in [4.69, 9.17) is 9.47 Å². The fraction of sp³-hybridized carbons (Fsp3) is 0.500. The summed E-state index contributed by atoms with van der Waals surface area (Å²) in [6, 6.07) is 9.74. The van der Waals surface area contributed by atoms with E-state index in [0.717, 1.165) is 30.1 Å². The Balaban J connectivity index is 0.00000450. The van der Waals surface area contributed by atoms with E-state index in [1.807, 2.05) is 56.3 Å². The summed E-state index contributed by atoms with van der Waals surface area (Å²) < 4.78 is 11.7. The molecule has 8 heteroatoms. The van der Waals surface area contributed by atoms with E-state index in [1.54, 1.807) is 7.11 Å². The lowest BCUT2D eigenvalue weighted by Gasteiger charge is -2.27. The molecule has 1 aromatic heterocycles. The highest BCUT2D eigenvalue weighted by Crippen LogP contribution is 2.36. The number of hydrogen-bond acceptors (Lipinski definition) is 6. The van der Waals surface area contributed by atoms with E-state index < -0.39 is 0 Å². The maximum Gasteiger partial charge on any atom is 0.261 e. The van der Waals surface area contributed by atoms with Crippen molar-refractivity contribution in [1.29, 1.82) is 0 Å². The highest BCUT2D eigenvalue weighted by molar-refractivity contribution is 7.17. The molecule has 6 nitrogen and oxygen atoms in total. The fourth-order valence-corrected chi connectivity index (χ4v) is 3.93. The van der Waals surface area contributed by atoms with Gasteiger partial charge in [0.05, 0.1) is 12.0 Å². The van der Waals surface area contributed by atoms with E-state index in [0.29, 0.717) is 22.9 Å². The Morgan fingerprint density at radius 2 is 1.83 bits per heavy atom. The number of thiophene rings is 1. The Kier molecular flexibility index (Phi) is 11.2. The number of methoxy groups -OCH3 is 1. The molecule has 2 rings (SSSR count). The van der Waals surface area contributed by atoms with Gasteiger partial charge < -0.3 is 19.7 Å². The SMILES string of the molecule is CCN(CC)C(C)Oc1ccc(-c2ccc(C(=O)NCCN(C)C)s2)cc1OC.Cl. The number of ether oxygens (including phenoxy) is 2. The van der Waals surface area contributed by atoms with Gasteiger partial charge >= 0.3 is 0 Å². The summed E-state index contributed by atoms with van der Waals surface area (Å²) in [6.07, 6.45) is -0.0380. The van der Waals surface area contributed by atoms with E-state index in [2.05, 4.69) is 24.1 Å². The Hall–Kier alpha value is -1.80. The van der Waals surface area contributed by atoms with Crippen LogP contribution in [0.4, 0.5) is 0 Å². The number of nitrogens with zero attached hydrogens (tertiary/aromatic N) is 2. The normalized spacial score (nSPS) is 11.9. The number of carbonyl (C=O) groups is 1. The van der Waals surface area contributed by atoms with Crippen LogP contribution in [0.25, 0.3) is 10.4 Å². The maximum absolute atomic E-state index is 12.3. The summed E-state index contributed by atoms with van der Waals surface area (Å²) in [7, 11) is 5.62. The lowest BCUT2D eigenvalue weighted by Crippen LogP contribution is -2.36. The van der Waals surface area contributed by atoms with Crippen LogP contribution in [-0.2, 0) is 0 Å². The van der Waals surface area contributed by atoms with Crippen molar-refractivity contribution in [2.24, 2.45) is 0 Å². The van der Waals surface area contributed by atoms with Gasteiger partial charge in [-0.2, -0.15) is 0 Å². The molecule has 0 bridgehead atoms. The molecular formula is C22H34ClN3O3S. The van der Waals surface area contributed by atoms with Crippen LogP contribution in [0.2, 0.25) is 0 Å². The molecule has 2 aromatic rings. The molecule has 30 heavy (non-hydrogen) atoms. The van der Waals surface area contributed by atoms with Crippen LogP contribution in [-0.4, -0.2) is 69.3 Å². The first-order valence-corrected chi connectivity index (χ1v) is 10.8. The Labute approximate surface area is 190 Å². The number of benzene rings is 1. The average molecular weight is 456 g/mol. The first-order valence-electron chi connectivity index (χ1n) is 10.0. The quantitative estimate of drug-likeness (QED) is 0.514. The minimum absolute atomic E-state index is 0. The van der Waals surface area contributed by atoms with Crippen LogP contribution >= 0.6 is 23.7 Å². The number of halogens is 1. The fourth-order valence-electron chi connectivity index (χ4n) is 3.01. The lowest BCUT2D eigenvalue weighted by atomic mass is 10.1. The lowest BCUT2D eigenvalue weighted by molar-refractivity contribution is 0.0458. The Morgan fingerprint density at radius 3 is 2.43 bits per heavy atom. The van der Waals surface area contributed by atoms with Crippen molar-refractivity contribution in [3.8, 4) is 21.9 Å². The maximum atomic E-state index is 12.3. The average Bonchev–Trinajstić information content (AvgIpc) is 3.19. The Bertz CT molecular complexity index is 794. The predicted molar refractivity (Wildman–Crippen MR) is 127 cm³/mol. The third-order valence-electron chi connectivity index (χ3n) is 4.75. The second-order valence-corrected chi connectivity index (χ2v) is 8.11. The molecule has 0 fully saturated rings. The Morgan fingerprint density at radius 1 is 1.13 bits per heavy atom. The summed E-state index contributed by atoms with van der Waals surface area (Å²) in [5, 5.41) is 2.95. The first kappa shape index (κ1) is 26.2. The molecule has 1 heterocycles. The summed E-state index contributed by atoms with van der Waals surface area (Å²) in [6.45, 7) is 9.57. The van der Waals surface area contributed by atoms with Gasteiger partial charge in [0.2, 0.25) is 0 Å². The van der Waals surface area contributed by atoms with E-state index in [1.165, 1.54) is 11.3 Å². The van der Waals surface area contributed by atoms with Gasteiger partial charge in [-0.3, -0.25) is 9.69 Å². The molecule has 1 aromatic carbocycles. The van der Waals surface area contributed by atoms with Crippen LogP contribution in [0.15, 0.2) is 30.3 Å². The van der Waals surface area contributed by atoms with Gasteiger partial charge in [-0.05, 0) is 70.0 Å². The van der Waals surface area contributed by atoms with E-state index >= 15 is 0 Å². The van der Waals surface area contributed by atoms with Gasteiger partial charge in [0.1, 0.15) is 6.23 Å². The number of carbonyl (C=O) groups excluding carboxylic acids is 1. The van der Waals surface area contributed by atoms with Crippen molar-refractivity contribution in [1.82, 2.24) is 15.1 Å². The molecule has 1 unspecified atom stereocenters. The topological polar surface area (TPSA) is 54.0 Å². The number of hydrogen-bond donors (Lipinski definition) is 1. The van der Waals surface area contributed by atoms with Gasteiger partial charge in [0.25, 0.3) is 5.91 Å². The van der Waals surface area contributed by atoms with Gasteiger partial charge in [-0.25, -0.2) is 0 Å². The summed E-state index contributed by atoms with van der Waals surface area (Å²) in [4.78, 5) is 18.3. The van der Waals surface area contributed by atoms with Gasteiger partial charge in [0, 0.05) is 18.0 Å². The summed E-state index contributed by atoms with van der Waals surface area (Å²) in [5.74, 6) is 1.36. The van der Waals surface area contributed by atoms with Crippen LogP contribution in [0.5, 0.6) is 11.5 Å².